The molecule has 21 heavy (non-hydrogen) atoms. The number of halogens is 1. The van der Waals surface area contributed by atoms with Gasteiger partial charge in [0, 0.05) is 30.6 Å². The smallest absolute Gasteiger partial charge is 0.191 e. The summed E-state index contributed by atoms with van der Waals surface area (Å²) in [6, 6.07) is 4.84. The van der Waals surface area contributed by atoms with Crippen molar-refractivity contribution in [3.8, 4) is 0 Å². The molecule has 1 aromatic rings. The number of aliphatic imine (C=N–C) groups is 1. The summed E-state index contributed by atoms with van der Waals surface area (Å²) < 4.78 is 0. The van der Waals surface area contributed by atoms with Gasteiger partial charge in [-0.15, -0.1) is 35.3 Å². The normalized spacial score (nSPS) is 11.6. The number of rotatable bonds is 8. The third-order valence-corrected chi connectivity index (χ3v) is 4.13. The van der Waals surface area contributed by atoms with Gasteiger partial charge in [0.25, 0.3) is 0 Å². The lowest BCUT2D eigenvalue weighted by Crippen LogP contribution is -2.39. The van der Waals surface area contributed by atoms with Gasteiger partial charge in [-0.1, -0.05) is 6.07 Å². The zero-order valence-corrected chi connectivity index (χ0v) is 16.7. The maximum absolute atomic E-state index is 4.61. The van der Waals surface area contributed by atoms with Crippen LogP contribution in [0.2, 0.25) is 0 Å². The Hall–Kier alpha value is -0.340. The van der Waals surface area contributed by atoms with E-state index in [-0.39, 0.29) is 24.0 Å². The van der Waals surface area contributed by atoms with Gasteiger partial charge in [0.05, 0.1) is 6.54 Å². The average molecular weight is 424 g/mol. The lowest BCUT2D eigenvalue weighted by Gasteiger charge is -2.20. The van der Waals surface area contributed by atoms with Crippen LogP contribution in [0.5, 0.6) is 0 Å². The van der Waals surface area contributed by atoms with Crippen LogP contribution in [0.25, 0.3) is 0 Å². The van der Waals surface area contributed by atoms with Crippen LogP contribution >= 0.6 is 35.3 Å². The lowest BCUT2D eigenvalue weighted by molar-refractivity contribution is 0.282. The second-order valence-corrected chi connectivity index (χ2v) is 6.12. The SMILES string of the molecule is CCNC(=NCCN(C)C(C)C)NCCc1cccs1.I. The molecular weight excluding hydrogens is 395 g/mol. The van der Waals surface area contributed by atoms with Crippen molar-refractivity contribution in [1.29, 1.82) is 0 Å². The summed E-state index contributed by atoms with van der Waals surface area (Å²) in [5.74, 6) is 0.918. The van der Waals surface area contributed by atoms with Crippen molar-refractivity contribution in [1.82, 2.24) is 15.5 Å². The van der Waals surface area contributed by atoms with Gasteiger partial charge in [-0.2, -0.15) is 0 Å². The van der Waals surface area contributed by atoms with Crippen molar-refractivity contribution in [3.63, 3.8) is 0 Å². The quantitative estimate of drug-likeness (QED) is 0.383. The van der Waals surface area contributed by atoms with E-state index in [9.17, 15) is 0 Å². The van der Waals surface area contributed by atoms with Crippen LogP contribution in [-0.4, -0.2) is 50.1 Å². The van der Waals surface area contributed by atoms with Crippen LogP contribution in [0.15, 0.2) is 22.5 Å². The van der Waals surface area contributed by atoms with Gasteiger partial charge in [0.15, 0.2) is 5.96 Å². The van der Waals surface area contributed by atoms with Gasteiger partial charge in [-0.25, -0.2) is 0 Å². The topological polar surface area (TPSA) is 39.7 Å². The van der Waals surface area contributed by atoms with Crippen LogP contribution < -0.4 is 10.6 Å². The van der Waals surface area contributed by atoms with E-state index in [2.05, 4.69) is 65.9 Å². The maximum atomic E-state index is 4.61. The summed E-state index contributed by atoms with van der Waals surface area (Å²) in [5.41, 5.74) is 0. The predicted octanol–water partition coefficient (Wildman–Crippen LogP) is 2.80. The summed E-state index contributed by atoms with van der Waals surface area (Å²) in [5, 5.41) is 8.80. The summed E-state index contributed by atoms with van der Waals surface area (Å²) in [4.78, 5) is 8.33. The Kier molecular flexibility index (Phi) is 12.0. The molecule has 0 radical (unpaired) electrons. The van der Waals surface area contributed by atoms with E-state index in [0.29, 0.717) is 6.04 Å². The Morgan fingerprint density at radius 1 is 1.38 bits per heavy atom. The molecule has 0 aromatic carbocycles. The Labute approximate surface area is 150 Å². The van der Waals surface area contributed by atoms with Crippen LogP contribution in [0, 0.1) is 0 Å². The van der Waals surface area contributed by atoms with Crippen molar-refractivity contribution in [2.75, 3.05) is 33.2 Å². The summed E-state index contributed by atoms with van der Waals surface area (Å²) in [6.07, 6.45) is 1.05. The molecule has 0 bridgehead atoms. The van der Waals surface area contributed by atoms with Crippen molar-refractivity contribution in [2.45, 2.75) is 33.2 Å². The number of thiophene rings is 1. The Balaban J connectivity index is 0.00000400. The van der Waals surface area contributed by atoms with Crippen LogP contribution in [0.4, 0.5) is 0 Å². The van der Waals surface area contributed by atoms with E-state index >= 15 is 0 Å². The second kappa shape index (κ2) is 12.2. The van der Waals surface area contributed by atoms with Gasteiger partial charge in [-0.3, -0.25) is 4.99 Å². The molecule has 0 aliphatic rings. The molecule has 2 N–H and O–H groups in total. The highest BCUT2D eigenvalue weighted by Gasteiger charge is 2.02. The van der Waals surface area contributed by atoms with E-state index in [1.165, 1.54) is 4.88 Å². The molecule has 0 unspecified atom stereocenters. The highest BCUT2D eigenvalue weighted by atomic mass is 127. The molecule has 0 aliphatic carbocycles. The molecule has 0 spiro atoms. The van der Waals surface area contributed by atoms with E-state index in [0.717, 1.165) is 38.6 Å². The lowest BCUT2D eigenvalue weighted by atomic mass is 10.3. The molecule has 1 heterocycles. The number of guanidine groups is 1. The fraction of sp³-hybridized carbons (Fsp3) is 0.667. The van der Waals surface area contributed by atoms with Crippen molar-refractivity contribution in [3.05, 3.63) is 22.4 Å². The number of hydrogen-bond donors (Lipinski definition) is 2. The zero-order chi connectivity index (χ0) is 14.8. The van der Waals surface area contributed by atoms with Gasteiger partial charge in [-0.05, 0) is 45.7 Å². The molecular formula is C15H29IN4S. The second-order valence-electron chi connectivity index (χ2n) is 5.09. The van der Waals surface area contributed by atoms with E-state index in [4.69, 9.17) is 0 Å². The maximum Gasteiger partial charge on any atom is 0.191 e. The summed E-state index contributed by atoms with van der Waals surface area (Å²) >= 11 is 1.81. The highest BCUT2D eigenvalue weighted by molar-refractivity contribution is 14.0. The number of nitrogens with zero attached hydrogens (tertiary/aromatic N) is 2. The summed E-state index contributed by atoms with van der Waals surface area (Å²) in [7, 11) is 2.14. The van der Waals surface area contributed by atoms with Gasteiger partial charge >= 0.3 is 0 Å². The van der Waals surface area contributed by atoms with Gasteiger partial charge < -0.3 is 15.5 Å². The Morgan fingerprint density at radius 2 is 2.14 bits per heavy atom. The Bertz CT molecular complexity index is 379. The first-order chi connectivity index (χ1) is 9.63. The van der Waals surface area contributed by atoms with Crippen molar-refractivity contribution >= 4 is 41.3 Å². The molecule has 0 saturated carbocycles. The largest absolute Gasteiger partial charge is 0.357 e. The third kappa shape index (κ3) is 9.31. The average Bonchev–Trinajstić information content (AvgIpc) is 2.91. The molecule has 122 valence electrons. The van der Waals surface area contributed by atoms with Crippen LogP contribution in [0.1, 0.15) is 25.6 Å². The monoisotopic (exact) mass is 424 g/mol. The fourth-order valence-electron chi connectivity index (χ4n) is 1.68. The van der Waals surface area contributed by atoms with Crippen molar-refractivity contribution < 1.29 is 0 Å². The number of likely N-dealkylation sites (N-methyl/N-ethyl adjacent to an activating group) is 1. The predicted molar refractivity (Wildman–Crippen MR) is 105 cm³/mol. The fourth-order valence-corrected chi connectivity index (χ4v) is 2.39. The molecule has 4 nitrogen and oxygen atoms in total. The number of nitrogens with one attached hydrogen (secondary N) is 2. The standard InChI is InChI=1S/C15H28N4S.HI/c1-5-16-15(18-10-11-19(4)13(2)3)17-9-8-14-7-6-12-20-14;/h6-7,12-13H,5,8-11H2,1-4H3,(H2,16,17,18);1H. The molecule has 1 aromatic heterocycles. The third-order valence-electron chi connectivity index (χ3n) is 3.19. The van der Waals surface area contributed by atoms with E-state index in [1.807, 2.05) is 0 Å². The van der Waals surface area contributed by atoms with Gasteiger partial charge in [0.1, 0.15) is 0 Å². The molecule has 0 amide bonds. The highest BCUT2D eigenvalue weighted by Crippen LogP contribution is 2.07. The molecule has 0 atom stereocenters. The molecule has 0 saturated heterocycles. The zero-order valence-electron chi connectivity index (χ0n) is 13.6. The Morgan fingerprint density at radius 3 is 2.71 bits per heavy atom. The minimum Gasteiger partial charge on any atom is -0.357 e. The first kappa shape index (κ1) is 20.7. The van der Waals surface area contributed by atoms with Crippen LogP contribution in [-0.2, 0) is 6.42 Å². The first-order valence-corrected chi connectivity index (χ1v) is 8.26. The molecule has 0 fully saturated rings. The van der Waals surface area contributed by atoms with Crippen molar-refractivity contribution in [2.24, 2.45) is 4.99 Å². The minimum absolute atomic E-state index is 0. The van der Waals surface area contributed by atoms with Gasteiger partial charge in [0.2, 0.25) is 0 Å². The molecule has 6 heteroatoms. The molecule has 1 rings (SSSR count). The minimum atomic E-state index is 0. The molecule has 0 aliphatic heterocycles. The van der Waals surface area contributed by atoms with Crippen LogP contribution in [0.3, 0.4) is 0 Å². The summed E-state index contributed by atoms with van der Waals surface area (Å²) in [6.45, 7) is 10.1. The van der Waals surface area contributed by atoms with E-state index in [1.54, 1.807) is 11.3 Å². The first-order valence-electron chi connectivity index (χ1n) is 7.38. The van der Waals surface area contributed by atoms with E-state index < -0.39 is 0 Å². The number of hydrogen-bond acceptors (Lipinski definition) is 3.